The Morgan fingerprint density at radius 2 is 1.36 bits per heavy atom. The van der Waals surface area contributed by atoms with Gasteiger partial charge in [-0.25, -0.2) is 0 Å². The summed E-state index contributed by atoms with van der Waals surface area (Å²) in [6.45, 7) is -0.171. The minimum absolute atomic E-state index is 0.0259. The Hall–Kier alpha value is -2.58. The van der Waals surface area contributed by atoms with Crippen LogP contribution in [0.25, 0.3) is 11.1 Å². The molecule has 0 bridgehead atoms. The van der Waals surface area contributed by atoms with Gasteiger partial charge < -0.3 is 14.6 Å². The van der Waals surface area contributed by atoms with E-state index in [9.17, 15) is 13.2 Å². The van der Waals surface area contributed by atoms with Gasteiger partial charge in [-0.15, -0.1) is 0 Å². The summed E-state index contributed by atoms with van der Waals surface area (Å²) in [5, 5.41) is 8.72. The van der Waals surface area contributed by atoms with Crippen LogP contribution in [-0.4, -0.2) is 43.0 Å². The molecule has 25 heavy (non-hydrogen) atoms. The fourth-order valence-electron chi connectivity index (χ4n) is 2.14. The fourth-order valence-corrected chi connectivity index (χ4v) is 2.43. The van der Waals surface area contributed by atoms with Crippen molar-refractivity contribution in [3.05, 3.63) is 48.5 Å². The van der Waals surface area contributed by atoms with E-state index in [4.69, 9.17) is 19.1 Å². The van der Waals surface area contributed by atoms with Gasteiger partial charge in [0.25, 0.3) is 10.1 Å². The second kappa shape index (κ2) is 8.50. The summed E-state index contributed by atoms with van der Waals surface area (Å²) >= 11 is 0. The van der Waals surface area contributed by atoms with Gasteiger partial charge in [-0.3, -0.25) is 9.35 Å². The molecule has 2 N–H and O–H groups in total. The molecule has 0 atom stereocenters. The van der Waals surface area contributed by atoms with Crippen molar-refractivity contribution >= 4 is 16.1 Å². The van der Waals surface area contributed by atoms with Crippen LogP contribution in [0.2, 0.25) is 0 Å². The number of rotatable bonds is 9. The van der Waals surface area contributed by atoms with Gasteiger partial charge in [0.2, 0.25) is 0 Å². The molecule has 0 aliphatic carbocycles. The van der Waals surface area contributed by atoms with E-state index in [0.29, 0.717) is 22.6 Å². The minimum atomic E-state index is -4.11. The van der Waals surface area contributed by atoms with Crippen molar-refractivity contribution < 1.29 is 32.3 Å². The normalized spacial score (nSPS) is 11.1. The van der Waals surface area contributed by atoms with Crippen molar-refractivity contribution in [2.45, 2.75) is 6.42 Å². The van der Waals surface area contributed by atoms with Crippen molar-refractivity contribution in [3.8, 4) is 22.6 Å². The number of hydrogen-bond donors (Lipinski definition) is 2. The van der Waals surface area contributed by atoms with Crippen LogP contribution in [-0.2, 0) is 14.9 Å². The number of aliphatic carboxylic acids is 1. The smallest absolute Gasteiger partial charge is 0.306 e. The Morgan fingerprint density at radius 3 is 1.84 bits per heavy atom. The first kappa shape index (κ1) is 18.8. The van der Waals surface area contributed by atoms with Gasteiger partial charge in [0.1, 0.15) is 23.9 Å². The van der Waals surface area contributed by atoms with Gasteiger partial charge in [-0.1, -0.05) is 36.4 Å². The Morgan fingerprint density at radius 1 is 0.880 bits per heavy atom. The van der Waals surface area contributed by atoms with E-state index in [-0.39, 0.29) is 19.6 Å². The van der Waals surface area contributed by atoms with Crippen LogP contribution < -0.4 is 9.47 Å². The lowest BCUT2D eigenvalue weighted by molar-refractivity contribution is -0.137. The van der Waals surface area contributed by atoms with E-state index >= 15 is 0 Å². The summed E-state index contributed by atoms with van der Waals surface area (Å²) in [6, 6.07) is 14.1. The fraction of sp³-hybridized carbons (Fsp3) is 0.235. The SMILES string of the molecule is O=C(O)CCOc1ccccc1-c1ccccc1OCCS(=O)(=O)O. The monoisotopic (exact) mass is 366 g/mol. The summed E-state index contributed by atoms with van der Waals surface area (Å²) < 4.78 is 41.4. The molecule has 8 heteroatoms. The first-order chi connectivity index (χ1) is 11.9. The van der Waals surface area contributed by atoms with Crippen molar-refractivity contribution in [3.63, 3.8) is 0 Å². The molecule has 0 heterocycles. The molecule has 0 saturated heterocycles. The average molecular weight is 366 g/mol. The van der Waals surface area contributed by atoms with Gasteiger partial charge >= 0.3 is 5.97 Å². The lowest BCUT2D eigenvalue weighted by Gasteiger charge is -2.15. The molecular formula is C17H18O7S. The van der Waals surface area contributed by atoms with Crippen LogP contribution in [0.3, 0.4) is 0 Å². The molecule has 2 aromatic rings. The lowest BCUT2D eigenvalue weighted by atomic mass is 10.0. The highest BCUT2D eigenvalue weighted by Crippen LogP contribution is 2.36. The predicted octanol–water partition coefficient (Wildman–Crippen LogP) is 2.47. The highest BCUT2D eigenvalue weighted by Gasteiger charge is 2.13. The molecule has 2 aromatic carbocycles. The van der Waals surface area contributed by atoms with Crippen LogP contribution in [0, 0.1) is 0 Å². The zero-order valence-electron chi connectivity index (χ0n) is 13.3. The predicted molar refractivity (Wildman–Crippen MR) is 91.5 cm³/mol. The third kappa shape index (κ3) is 6.09. The molecule has 2 rings (SSSR count). The second-order valence-corrected chi connectivity index (χ2v) is 6.69. The van der Waals surface area contributed by atoms with E-state index in [1.807, 2.05) is 0 Å². The van der Waals surface area contributed by atoms with Gasteiger partial charge in [0.05, 0.1) is 13.0 Å². The Bertz CT molecular complexity index is 830. The van der Waals surface area contributed by atoms with Crippen molar-refractivity contribution in [2.75, 3.05) is 19.0 Å². The number of ether oxygens (including phenoxy) is 2. The Labute approximate surface area is 145 Å². The molecule has 0 unspecified atom stereocenters. The van der Waals surface area contributed by atoms with Crippen LogP contribution in [0.4, 0.5) is 0 Å². The maximum Gasteiger partial charge on any atom is 0.306 e. The largest absolute Gasteiger partial charge is 0.492 e. The molecule has 0 amide bonds. The second-order valence-electron chi connectivity index (χ2n) is 5.12. The molecule has 7 nitrogen and oxygen atoms in total. The van der Waals surface area contributed by atoms with Crippen LogP contribution in [0.1, 0.15) is 6.42 Å². The zero-order chi connectivity index (χ0) is 18.3. The first-order valence-electron chi connectivity index (χ1n) is 7.48. The maximum absolute atomic E-state index is 10.8. The molecule has 0 aliphatic heterocycles. The minimum Gasteiger partial charge on any atom is -0.492 e. The first-order valence-corrected chi connectivity index (χ1v) is 9.09. The van der Waals surface area contributed by atoms with E-state index in [1.165, 1.54) is 0 Å². The number of carboxylic acids is 1. The molecule has 0 fully saturated rings. The van der Waals surface area contributed by atoms with Gasteiger partial charge in [0, 0.05) is 11.1 Å². The summed E-state index contributed by atoms with van der Waals surface area (Å²) in [5.41, 5.74) is 1.36. The number of benzene rings is 2. The molecule has 0 aliphatic rings. The topological polar surface area (TPSA) is 110 Å². The zero-order valence-corrected chi connectivity index (χ0v) is 14.1. The number of para-hydroxylation sites is 2. The Balaban J connectivity index is 2.22. The highest BCUT2D eigenvalue weighted by atomic mass is 32.2. The molecule has 0 spiro atoms. The number of carbonyl (C=O) groups is 1. The highest BCUT2D eigenvalue weighted by molar-refractivity contribution is 7.85. The molecule has 0 radical (unpaired) electrons. The quantitative estimate of drug-likeness (QED) is 0.656. The number of hydrogen-bond acceptors (Lipinski definition) is 5. The van der Waals surface area contributed by atoms with Crippen LogP contribution >= 0.6 is 0 Å². The molecule has 134 valence electrons. The summed E-state index contributed by atoms with van der Waals surface area (Å²) in [7, 11) is -4.11. The van der Waals surface area contributed by atoms with E-state index in [1.54, 1.807) is 48.5 Å². The Kier molecular flexibility index (Phi) is 6.37. The maximum atomic E-state index is 10.8. The van der Waals surface area contributed by atoms with E-state index < -0.39 is 21.8 Å². The van der Waals surface area contributed by atoms with E-state index in [0.717, 1.165) is 0 Å². The number of carboxylic acid groups (broad SMARTS) is 1. The third-order valence-corrected chi connectivity index (χ3v) is 3.92. The summed E-state index contributed by atoms with van der Waals surface area (Å²) in [5.74, 6) is -0.542. The molecular weight excluding hydrogens is 348 g/mol. The average Bonchev–Trinajstić information content (AvgIpc) is 2.54. The van der Waals surface area contributed by atoms with Gasteiger partial charge in [-0.2, -0.15) is 8.42 Å². The molecule has 0 saturated carbocycles. The van der Waals surface area contributed by atoms with Gasteiger partial charge in [0.15, 0.2) is 0 Å². The summed E-state index contributed by atoms with van der Waals surface area (Å²) in [6.07, 6.45) is -0.124. The lowest BCUT2D eigenvalue weighted by Crippen LogP contribution is -2.13. The van der Waals surface area contributed by atoms with Crippen molar-refractivity contribution in [1.82, 2.24) is 0 Å². The van der Waals surface area contributed by atoms with Crippen molar-refractivity contribution in [2.24, 2.45) is 0 Å². The molecule has 0 aromatic heterocycles. The standard InChI is InChI=1S/C17H18O7S/c18-17(19)9-10-23-15-7-3-1-5-13(15)14-6-2-4-8-16(14)24-11-12-25(20,21)22/h1-8H,9-12H2,(H,18,19)(H,20,21,22). The van der Waals surface area contributed by atoms with E-state index in [2.05, 4.69) is 0 Å². The van der Waals surface area contributed by atoms with Crippen LogP contribution in [0.15, 0.2) is 48.5 Å². The summed E-state index contributed by atoms with van der Waals surface area (Å²) in [4.78, 5) is 10.6. The van der Waals surface area contributed by atoms with Gasteiger partial charge in [-0.05, 0) is 12.1 Å². The third-order valence-electron chi connectivity index (χ3n) is 3.24. The van der Waals surface area contributed by atoms with Crippen molar-refractivity contribution in [1.29, 1.82) is 0 Å². The van der Waals surface area contributed by atoms with Crippen LogP contribution in [0.5, 0.6) is 11.5 Å².